The largest absolute Gasteiger partial charge is 0.496 e. The Kier molecular flexibility index (Phi) is 12.3. The average Bonchev–Trinajstić information content (AvgIpc) is 4.07. The predicted molar refractivity (Wildman–Crippen MR) is 214 cm³/mol. The number of halogens is 3. The minimum Gasteiger partial charge on any atom is -0.496 e. The summed E-state index contributed by atoms with van der Waals surface area (Å²) in [4.78, 5) is 62.6. The predicted octanol–water partition coefficient (Wildman–Crippen LogP) is 4.25. The number of aromatic nitrogens is 3. The maximum Gasteiger partial charge on any atom is 0.408 e. The second kappa shape index (κ2) is 17.2. The Morgan fingerprint density at radius 1 is 1.08 bits per heavy atom. The van der Waals surface area contributed by atoms with E-state index in [1.807, 2.05) is 26.8 Å². The van der Waals surface area contributed by atoms with E-state index in [4.69, 9.17) is 19.2 Å². The smallest absolute Gasteiger partial charge is 0.408 e. The Balaban J connectivity index is 1.22. The molecular weight excluding hydrogens is 824 g/mol. The maximum absolute atomic E-state index is 14.7. The molecule has 0 bridgehead atoms. The molecule has 2 aliphatic heterocycles. The molecule has 5 atom stereocenters. The van der Waals surface area contributed by atoms with Gasteiger partial charge in [-0.3, -0.25) is 28.6 Å². The molecule has 4 aliphatic rings. The molecule has 3 fully saturated rings. The lowest BCUT2D eigenvalue weighted by Crippen LogP contribution is -2.58. The van der Waals surface area contributed by atoms with Gasteiger partial charge in [-0.05, 0) is 77.5 Å². The van der Waals surface area contributed by atoms with Crippen LogP contribution in [0.2, 0.25) is 0 Å². The van der Waals surface area contributed by atoms with Crippen molar-refractivity contribution in [1.29, 1.82) is 0 Å². The lowest BCUT2D eigenvalue weighted by atomic mass is 10.0. The number of rotatable bonds is 11. The molecular formula is C41H50F3N7O9S. The van der Waals surface area contributed by atoms with Crippen LogP contribution in [-0.4, -0.2) is 107 Å². The van der Waals surface area contributed by atoms with E-state index in [0.717, 1.165) is 17.8 Å². The number of pyridine rings is 1. The van der Waals surface area contributed by atoms with E-state index in [1.54, 1.807) is 24.3 Å². The number of hydrogen-bond donors (Lipinski definition) is 3. The molecule has 330 valence electrons. The molecule has 7 rings (SSSR count). The molecule has 2 aromatic heterocycles. The lowest BCUT2D eigenvalue weighted by molar-refractivity contribution is -0.142. The minimum atomic E-state index is -4.58. The van der Waals surface area contributed by atoms with Gasteiger partial charge in [0.25, 0.3) is 11.8 Å². The molecule has 0 radical (unpaired) electrons. The van der Waals surface area contributed by atoms with E-state index in [2.05, 4.69) is 20.5 Å². The van der Waals surface area contributed by atoms with Crippen molar-refractivity contribution < 1.29 is 55.0 Å². The van der Waals surface area contributed by atoms with Gasteiger partial charge in [0, 0.05) is 35.6 Å². The first-order valence-corrected chi connectivity index (χ1v) is 22.0. The van der Waals surface area contributed by atoms with Gasteiger partial charge in [-0.2, -0.15) is 18.3 Å². The number of ether oxygens (including phenoxy) is 3. The van der Waals surface area contributed by atoms with E-state index in [0.29, 0.717) is 65.6 Å². The van der Waals surface area contributed by atoms with Crippen molar-refractivity contribution in [2.75, 3.05) is 13.7 Å². The summed E-state index contributed by atoms with van der Waals surface area (Å²) in [7, 11) is -2.43. The van der Waals surface area contributed by atoms with Crippen LogP contribution in [0.5, 0.6) is 17.4 Å². The highest BCUT2D eigenvalue weighted by atomic mass is 32.2. The second-order valence-electron chi connectivity index (χ2n) is 16.4. The van der Waals surface area contributed by atoms with Crippen LogP contribution < -0.4 is 29.6 Å². The van der Waals surface area contributed by atoms with Crippen molar-refractivity contribution in [3.05, 3.63) is 53.9 Å². The number of nitrogens with one attached hydrogen (secondary N) is 3. The topological polar surface area (TPSA) is 200 Å². The van der Waals surface area contributed by atoms with E-state index >= 15 is 0 Å². The molecule has 3 aromatic rings. The maximum atomic E-state index is 14.7. The number of nitrogens with zero attached hydrogens (tertiary/aromatic N) is 4. The number of fused-ring (bicyclic) bond motifs is 3. The van der Waals surface area contributed by atoms with E-state index in [9.17, 15) is 40.8 Å². The average molecular weight is 874 g/mol. The van der Waals surface area contributed by atoms with Gasteiger partial charge in [-0.1, -0.05) is 25.0 Å². The standard InChI is InChI=1S/C41H50F3N7O9S/c1-23(2)59-34-19-33(28-14-15-32(58-4)24(3)35(28)46-34)60-26-18-31-37(53)47-40(39(55)49-61(56,57)27-12-13-27)20-25(40)10-8-6-5-7-9-11-30(38(54)51(31)21-26)45-36(52)29-16-17-50(48-29)22-41(42,43)44/h8,10,14-17,19,23,25-27,30-31H,5-7,9,11-13,18,20-22H2,1-4H3,(H,45,52)(H,47,53)(H,49,55)/b10-8-/t25?,26-,30+,31+,40-/m1/s1. The van der Waals surface area contributed by atoms with Crippen molar-refractivity contribution in [1.82, 2.24) is 35.0 Å². The zero-order valence-electron chi connectivity index (χ0n) is 34.3. The lowest BCUT2D eigenvalue weighted by Gasteiger charge is -2.29. The highest BCUT2D eigenvalue weighted by molar-refractivity contribution is 7.91. The van der Waals surface area contributed by atoms with E-state index < -0.39 is 81.3 Å². The van der Waals surface area contributed by atoms with E-state index in [1.165, 1.54) is 12.0 Å². The SMILES string of the molecule is COc1ccc2c(O[C@@H]3C[C@H]4C(=O)N[C@]5(C(=O)NS(=O)(=O)C6CC6)CC5/C=C\CCCCC[C@H](NC(=O)c5ccn(CC(F)(F)F)n5)C(=O)N4C3)cc(OC(C)C)nc2c1C. The van der Waals surface area contributed by atoms with Crippen molar-refractivity contribution in [2.24, 2.45) is 5.92 Å². The summed E-state index contributed by atoms with van der Waals surface area (Å²) in [6, 6.07) is 3.78. The Labute approximate surface area is 351 Å². The molecule has 20 heteroatoms. The van der Waals surface area contributed by atoms with Crippen molar-refractivity contribution in [3.63, 3.8) is 0 Å². The van der Waals surface area contributed by atoms with Crippen molar-refractivity contribution in [3.8, 4) is 17.4 Å². The van der Waals surface area contributed by atoms with Gasteiger partial charge < -0.3 is 29.7 Å². The molecule has 1 saturated heterocycles. The molecule has 4 heterocycles. The summed E-state index contributed by atoms with van der Waals surface area (Å²) in [6.07, 6.45) is 2.45. The van der Waals surface area contributed by atoms with Crippen molar-refractivity contribution in [2.45, 2.75) is 126 Å². The Morgan fingerprint density at radius 3 is 2.56 bits per heavy atom. The normalized spacial score (nSPS) is 25.4. The molecule has 2 aliphatic carbocycles. The zero-order valence-corrected chi connectivity index (χ0v) is 35.1. The third-order valence-corrected chi connectivity index (χ3v) is 13.2. The Morgan fingerprint density at radius 2 is 1.85 bits per heavy atom. The summed E-state index contributed by atoms with van der Waals surface area (Å²) < 4.78 is 85.9. The van der Waals surface area contributed by atoms with Crippen LogP contribution in [0.15, 0.2) is 42.6 Å². The van der Waals surface area contributed by atoms with Crippen LogP contribution in [0.25, 0.3) is 10.9 Å². The third kappa shape index (κ3) is 9.89. The summed E-state index contributed by atoms with van der Waals surface area (Å²) in [6.45, 7) is 3.96. The fraction of sp³-hybridized carbons (Fsp3) is 0.561. The molecule has 1 aromatic carbocycles. The number of aryl methyl sites for hydroxylation is 1. The number of hydrogen-bond acceptors (Lipinski definition) is 11. The fourth-order valence-corrected chi connectivity index (χ4v) is 9.35. The molecule has 16 nitrogen and oxygen atoms in total. The van der Waals surface area contributed by atoms with Crippen molar-refractivity contribution >= 4 is 44.6 Å². The number of carbonyl (C=O) groups excluding carboxylic acids is 4. The van der Waals surface area contributed by atoms with Crippen LogP contribution in [0.3, 0.4) is 0 Å². The first kappa shape index (κ1) is 43.7. The third-order valence-electron chi connectivity index (χ3n) is 11.4. The van der Waals surface area contributed by atoms with Crippen LogP contribution in [-0.2, 0) is 31.0 Å². The number of benzene rings is 1. The number of sulfonamides is 1. The molecule has 3 N–H and O–H groups in total. The summed E-state index contributed by atoms with van der Waals surface area (Å²) in [5.41, 5.74) is -0.682. The number of methoxy groups -OCH3 is 1. The molecule has 4 amide bonds. The fourth-order valence-electron chi connectivity index (χ4n) is 7.99. The zero-order chi connectivity index (χ0) is 43.9. The quantitative estimate of drug-likeness (QED) is 0.233. The first-order valence-electron chi connectivity index (χ1n) is 20.5. The summed E-state index contributed by atoms with van der Waals surface area (Å²) in [5.74, 6) is -2.46. The van der Waals surface area contributed by atoms with Gasteiger partial charge in [-0.15, -0.1) is 0 Å². The second-order valence-corrected chi connectivity index (χ2v) is 18.4. The summed E-state index contributed by atoms with van der Waals surface area (Å²) in [5, 5.41) is 9.16. The first-order chi connectivity index (χ1) is 28.9. The Bertz CT molecular complexity index is 2330. The van der Waals surface area contributed by atoms with Crippen LogP contribution in [0, 0.1) is 12.8 Å². The van der Waals surface area contributed by atoms with Gasteiger partial charge in [0.2, 0.25) is 27.7 Å². The van der Waals surface area contributed by atoms with Gasteiger partial charge >= 0.3 is 6.18 Å². The number of amides is 4. The van der Waals surface area contributed by atoms with Gasteiger partial charge in [0.1, 0.15) is 47.5 Å². The number of carbonyl (C=O) groups is 4. The molecule has 0 spiro atoms. The van der Waals surface area contributed by atoms with Gasteiger partial charge in [0.05, 0.1) is 30.5 Å². The Hall–Kier alpha value is -5.40. The van der Waals surface area contributed by atoms with Crippen LogP contribution in [0.1, 0.15) is 87.7 Å². The van der Waals surface area contributed by atoms with E-state index in [-0.39, 0.29) is 43.5 Å². The highest BCUT2D eigenvalue weighted by Gasteiger charge is 2.62. The summed E-state index contributed by atoms with van der Waals surface area (Å²) >= 11 is 0. The van der Waals surface area contributed by atoms with Crippen LogP contribution >= 0.6 is 0 Å². The number of allylic oxidation sites excluding steroid dienone is 1. The minimum absolute atomic E-state index is 0.0714. The highest BCUT2D eigenvalue weighted by Crippen LogP contribution is 2.46. The van der Waals surface area contributed by atoms with Gasteiger partial charge in [0.15, 0.2) is 0 Å². The van der Waals surface area contributed by atoms with Gasteiger partial charge in [-0.25, -0.2) is 13.4 Å². The monoisotopic (exact) mass is 873 g/mol. The molecule has 2 saturated carbocycles. The molecule has 1 unspecified atom stereocenters. The number of alkyl halides is 3. The van der Waals surface area contributed by atoms with Crippen LogP contribution in [0.4, 0.5) is 13.2 Å². The molecule has 61 heavy (non-hydrogen) atoms.